The standard InChI is InChI=1S/C11H15BrN2O/c12-11-9-2-1-3-10(9)14(13-11)8-4-6-15-7-5-8/h8H,1-7H2. The molecule has 4 heteroatoms. The van der Waals surface area contributed by atoms with E-state index in [9.17, 15) is 0 Å². The first-order valence-electron chi connectivity index (χ1n) is 5.70. The van der Waals surface area contributed by atoms with E-state index in [0.717, 1.165) is 30.7 Å². The van der Waals surface area contributed by atoms with Crippen LogP contribution >= 0.6 is 15.9 Å². The summed E-state index contributed by atoms with van der Waals surface area (Å²) in [4.78, 5) is 0. The first kappa shape index (κ1) is 9.85. The molecule has 3 rings (SSSR count). The predicted octanol–water partition coefficient (Wildman–Crippen LogP) is 2.49. The highest BCUT2D eigenvalue weighted by molar-refractivity contribution is 9.10. The van der Waals surface area contributed by atoms with Gasteiger partial charge in [-0.1, -0.05) is 0 Å². The number of rotatable bonds is 1. The third kappa shape index (κ3) is 1.64. The molecule has 0 spiro atoms. The van der Waals surface area contributed by atoms with Gasteiger partial charge in [0, 0.05) is 24.5 Å². The quantitative estimate of drug-likeness (QED) is 0.784. The van der Waals surface area contributed by atoms with E-state index in [2.05, 4.69) is 25.7 Å². The summed E-state index contributed by atoms with van der Waals surface area (Å²) in [5.41, 5.74) is 2.91. The predicted molar refractivity (Wildman–Crippen MR) is 61.0 cm³/mol. The largest absolute Gasteiger partial charge is 0.381 e. The van der Waals surface area contributed by atoms with Crippen molar-refractivity contribution in [1.82, 2.24) is 9.78 Å². The lowest BCUT2D eigenvalue weighted by molar-refractivity contribution is 0.0654. The van der Waals surface area contributed by atoms with E-state index in [1.54, 1.807) is 0 Å². The Morgan fingerprint density at radius 2 is 2.07 bits per heavy atom. The second kappa shape index (κ2) is 3.91. The van der Waals surface area contributed by atoms with Crippen LogP contribution in [0.1, 0.15) is 36.6 Å². The fraction of sp³-hybridized carbons (Fsp3) is 0.727. The average molecular weight is 271 g/mol. The monoisotopic (exact) mass is 270 g/mol. The molecule has 2 heterocycles. The van der Waals surface area contributed by atoms with Crippen LogP contribution in [0.25, 0.3) is 0 Å². The maximum atomic E-state index is 5.39. The van der Waals surface area contributed by atoms with Crippen LogP contribution in [-0.4, -0.2) is 23.0 Å². The molecule has 2 aliphatic rings. The second-order valence-electron chi connectivity index (χ2n) is 4.36. The van der Waals surface area contributed by atoms with Crippen molar-refractivity contribution in [2.24, 2.45) is 0 Å². The summed E-state index contributed by atoms with van der Waals surface area (Å²) in [5.74, 6) is 0. The summed E-state index contributed by atoms with van der Waals surface area (Å²) >= 11 is 3.57. The van der Waals surface area contributed by atoms with Gasteiger partial charge in [0.15, 0.2) is 0 Å². The summed E-state index contributed by atoms with van der Waals surface area (Å²) in [6.45, 7) is 1.77. The molecule has 1 fully saturated rings. The molecule has 0 amide bonds. The van der Waals surface area contributed by atoms with Crippen molar-refractivity contribution in [3.8, 4) is 0 Å². The molecule has 1 aliphatic heterocycles. The van der Waals surface area contributed by atoms with Gasteiger partial charge in [-0.2, -0.15) is 5.10 Å². The topological polar surface area (TPSA) is 27.1 Å². The van der Waals surface area contributed by atoms with Crippen LogP contribution in [0.5, 0.6) is 0 Å². The number of nitrogens with zero attached hydrogens (tertiary/aromatic N) is 2. The Labute approximate surface area is 97.9 Å². The number of ether oxygens (including phenoxy) is 1. The fourth-order valence-electron chi connectivity index (χ4n) is 2.65. The third-order valence-electron chi connectivity index (χ3n) is 3.45. The molecule has 3 nitrogen and oxygen atoms in total. The highest BCUT2D eigenvalue weighted by Crippen LogP contribution is 2.33. The first-order chi connectivity index (χ1) is 7.36. The number of fused-ring (bicyclic) bond motifs is 1. The van der Waals surface area contributed by atoms with Crippen molar-refractivity contribution in [3.63, 3.8) is 0 Å². The van der Waals surface area contributed by atoms with E-state index in [1.807, 2.05) is 0 Å². The van der Waals surface area contributed by atoms with Crippen LogP contribution in [0.4, 0.5) is 0 Å². The van der Waals surface area contributed by atoms with Gasteiger partial charge < -0.3 is 4.74 Å². The van der Waals surface area contributed by atoms with Crippen molar-refractivity contribution in [2.45, 2.75) is 38.1 Å². The summed E-state index contributed by atoms with van der Waals surface area (Å²) < 4.78 is 8.72. The lowest BCUT2D eigenvalue weighted by Gasteiger charge is -2.23. The molecule has 82 valence electrons. The van der Waals surface area contributed by atoms with Gasteiger partial charge in [0.05, 0.1) is 6.04 Å². The van der Waals surface area contributed by atoms with Crippen LogP contribution in [0.2, 0.25) is 0 Å². The van der Waals surface area contributed by atoms with Gasteiger partial charge in [0.1, 0.15) is 4.60 Å². The van der Waals surface area contributed by atoms with E-state index in [1.165, 1.54) is 30.5 Å². The Bertz CT molecular complexity index is 369. The van der Waals surface area contributed by atoms with Gasteiger partial charge in [-0.25, -0.2) is 0 Å². The van der Waals surface area contributed by atoms with Crippen molar-refractivity contribution in [3.05, 3.63) is 15.9 Å². The highest BCUT2D eigenvalue weighted by Gasteiger charge is 2.26. The SMILES string of the molecule is Brc1nn(C2CCOCC2)c2c1CCC2. The zero-order valence-corrected chi connectivity index (χ0v) is 10.3. The highest BCUT2D eigenvalue weighted by atomic mass is 79.9. The molecular weight excluding hydrogens is 256 g/mol. The Kier molecular flexibility index (Phi) is 2.56. The number of halogens is 1. The molecule has 0 aromatic carbocycles. The molecule has 0 unspecified atom stereocenters. The fourth-order valence-corrected chi connectivity index (χ4v) is 3.25. The third-order valence-corrected chi connectivity index (χ3v) is 4.08. The second-order valence-corrected chi connectivity index (χ2v) is 5.11. The summed E-state index contributed by atoms with van der Waals surface area (Å²) in [7, 11) is 0. The number of hydrogen-bond donors (Lipinski definition) is 0. The average Bonchev–Trinajstić information content (AvgIpc) is 2.84. The van der Waals surface area contributed by atoms with Crippen LogP contribution in [0.15, 0.2) is 4.60 Å². The first-order valence-corrected chi connectivity index (χ1v) is 6.49. The van der Waals surface area contributed by atoms with E-state index < -0.39 is 0 Å². The molecule has 1 saturated heterocycles. The summed E-state index contributed by atoms with van der Waals surface area (Å²) in [6, 6.07) is 0.567. The normalized spacial score (nSPS) is 21.9. The lowest BCUT2D eigenvalue weighted by Crippen LogP contribution is -2.21. The Morgan fingerprint density at radius 1 is 1.27 bits per heavy atom. The maximum Gasteiger partial charge on any atom is 0.131 e. The summed E-state index contributed by atoms with van der Waals surface area (Å²) in [6.07, 6.45) is 5.90. The number of hydrogen-bond acceptors (Lipinski definition) is 2. The van der Waals surface area contributed by atoms with Crippen molar-refractivity contribution in [2.75, 3.05) is 13.2 Å². The molecule has 15 heavy (non-hydrogen) atoms. The van der Waals surface area contributed by atoms with Gasteiger partial charge >= 0.3 is 0 Å². The van der Waals surface area contributed by atoms with Gasteiger partial charge in [0.25, 0.3) is 0 Å². The van der Waals surface area contributed by atoms with E-state index in [4.69, 9.17) is 4.74 Å². The molecule has 1 aliphatic carbocycles. The van der Waals surface area contributed by atoms with Crippen LogP contribution in [0, 0.1) is 0 Å². The van der Waals surface area contributed by atoms with Gasteiger partial charge in [-0.3, -0.25) is 4.68 Å². The van der Waals surface area contributed by atoms with Crippen molar-refractivity contribution >= 4 is 15.9 Å². The minimum Gasteiger partial charge on any atom is -0.381 e. The van der Waals surface area contributed by atoms with Crippen molar-refractivity contribution < 1.29 is 4.74 Å². The van der Waals surface area contributed by atoms with E-state index in [0.29, 0.717) is 6.04 Å². The molecule has 0 radical (unpaired) electrons. The smallest absolute Gasteiger partial charge is 0.131 e. The Morgan fingerprint density at radius 3 is 2.87 bits per heavy atom. The lowest BCUT2D eigenvalue weighted by atomic mass is 10.1. The van der Waals surface area contributed by atoms with Gasteiger partial charge in [-0.05, 0) is 48.0 Å². The molecule has 0 N–H and O–H groups in total. The minimum absolute atomic E-state index is 0.567. The molecule has 0 atom stereocenters. The zero-order valence-electron chi connectivity index (χ0n) is 8.71. The van der Waals surface area contributed by atoms with Crippen LogP contribution < -0.4 is 0 Å². The zero-order chi connectivity index (χ0) is 10.3. The summed E-state index contributed by atoms with van der Waals surface area (Å²) in [5, 5.41) is 4.63. The Balaban J connectivity index is 1.93. The molecule has 0 bridgehead atoms. The minimum atomic E-state index is 0.567. The molecule has 0 saturated carbocycles. The molecule has 1 aromatic heterocycles. The maximum absolute atomic E-state index is 5.39. The Hall–Kier alpha value is -0.350. The number of aromatic nitrogens is 2. The van der Waals surface area contributed by atoms with Gasteiger partial charge in [0.2, 0.25) is 0 Å². The molecular formula is C11H15BrN2O. The molecule has 1 aromatic rings. The van der Waals surface area contributed by atoms with Crippen LogP contribution in [0.3, 0.4) is 0 Å². The van der Waals surface area contributed by atoms with E-state index >= 15 is 0 Å². The van der Waals surface area contributed by atoms with Crippen LogP contribution in [-0.2, 0) is 17.6 Å². The van der Waals surface area contributed by atoms with E-state index in [-0.39, 0.29) is 0 Å². The van der Waals surface area contributed by atoms with Gasteiger partial charge in [-0.15, -0.1) is 0 Å². The van der Waals surface area contributed by atoms with Crippen molar-refractivity contribution in [1.29, 1.82) is 0 Å².